The third-order valence-electron chi connectivity index (χ3n) is 3.59. The highest BCUT2D eigenvalue weighted by Gasteiger charge is 2.20. The van der Waals surface area contributed by atoms with E-state index >= 15 is 0 Å². The second-order valence-corrected chi connectivity index (χ2v) is 6.11. The van der Waals surface area contributed by atoms with Gasteiger partial charge in [-0.2, -0.15) is 0 Å². The molecule has 0 aliphatic carbocycles. The van der Waals surface area contributed by atoms with E-state index in [1.807, 2.05) is 0 Å². The Balaban J connectivity index is 1.87. The standard InChI is InChI=1S/C17H13Cl2FN2O/c1-22(9-10-2-5-12(20)6-3-10)17(23)16-15(19)13-8-11(18)4-7-14(13)21-16/h2-8,21H,9H2,1H3. The molecule has 3 rings (SSSR count). The number of halogens is 3. The van der Waals surface area contributed by atoms with Gasteiger partial charge in [-0.1, -0.05) is 35.3 Å². The summed E-state index contributed by atoms with van der Waals surface area (Å²) >= 11 is 12.3. The Morgan fingerprint density at radius 1 is 1.17 bits per heavy atom. The Kier molecular flexibility index (Phi) is 4.28. The second kappa shape index (κ2) is 6.22. The molecule has 0 atom stereocenters. The van der Waals surface area contributed by atoms with Gasteiger partial charge in [0, 0.05) is 29.5 Å². The van der Waals surface area contributed by atoms with Gasteiger partial charge in [0.2, 0.25) is 0 Å². The van der Waals surface area contributed by atoms with Crippen LogP contribution in [0.15, 0.2) is 42.5 Å². The van der Waals surface area contributed by atoms with Gasteiger partial charge in [-0.3, -0.25) is 4.79 Å². The summed E-state index contributed by atoms with van der Waals surface area (Å²) in [6.07, 6.45) is 0. The van der Waals surface area contributed by atoms with Gasteiger partial charge in [0.15, 0.2) is 0 Å². The van der Waals surface area contributed by atoms with Gasteiger partial charge in [-0.25, -0.2) is 4.39 Å². The normalized spacial score (nSPS) is 11.0. The first-order valence-electron chi connectivity index (χ1n) is 6.92. The van der Waals surface area contributed by atoms with Crippen molar-refractivity contribution < 1.29 is 9.18 Å². The SMILES string of the molecule is CN(Cc1ccc(F)cc1)C(=O)c1[nH]c2ccc(Cl)cc2c1Cl. The fraction of sp³-hybridized carbons (Fsp3) is 0.118. The summed E-state index contributed by atoms with van der Waals surface area (Å²) in [6.45, 7) is 0.353. The number of benzene rings is 2. The van der Waals surface area contributed by atoms with E-state index in [4.69, 9.17) is 23.2 Å². The van der Waals surface area contributed by atoms with E-state index in [0.717, 1.165) is 11.1 Å². The molecule has 0 radical (unpaired) electrons. The molecule has 1 N–H and O–H groups in total. The van der Waals surface area contributed by atoms with E-state index < -0.39 is 0 Å². The first kappa shape index (κ1) is 15.8. The van der Waals surface area contributed by atoms with Crippen LogP contribution in [-0.4, -0.2) is 22.8 Å². The van der Waals surface area contributed by atoms with Gasteiger partial charge in [0.1, 0.15) is 11.5 Å². The van der Waals surface area contributed by atoms with Gasteiger partial charge >= 0.3 is 0 Å². The van der Waals surface area contributed by atoms with Crippen molar-refractivity contribution in [2.75, 3.05) is 7.05 Å². The predicted molar refractivity (Wildman–Crippen MR) is 90.5 cm³/mol. The molecule has 118 valence electrons. The van der Waals surface area contributed by atoms with Crippen molar-refractivity contribution in [1.29, 1.82) is 0 Å². The minimum atomic E-state index is -0.307. The number of aromatic nitrogens is 1. The van der Waals surface area contributed by atoms with Crippen LogP contribution in [-0.2, 0) is 6.54 Å². The number of hydrogen-bond acceptors (Lipinski definition) is 1. The first-order valence-corrected chi connectivity index (χ1v) is 7.68. The monoisotopic (exact) mass is 350 g/mol. The Hall–Kier alpha value is -2.04. The molecule has 0 saturated carbocycles. The van der Waals surface area contributed by atoms with Crippen LogP contribution in [0.5, 0.6) is 0 Å². The Morgan fingerprint density at radius 2 is 1.87 bits per heavy atom. The molecule has 3 aromatic rings. The molecule has 3 nitrogen and oxygen atoms in total. The first-order chi connectivity index (χ1) is 11.0. The molecule has 0 aliphatic rings. The van der Waals surface area contributed by atoms with Crippen LogP contribution in [0.3, 0.4) is 0 Å². The maximum absolute atomic E-state index is 12.9. The van der Waals surface area contributed by atoms with Crippen LogP contribution >= 0.6 is 23.2 Å². The lowest BCUT2D eigenvalue weighted by Gasteiger charge is -2.16. The van der Waals surface area contributed by atoms with Crippen molar-refractivity contribution in [2.45, 2.75) is 6.54 Å². The maximum atomic E-state index is 12.9. The van der Waals surface area contributed by atoms with Crippen molar-refractivity contribution >= 4 is 40.0 Å². The zero-order valence-electron chi connectivity index (χ0n) is 12.2. The number of H-pyrrole nitrogens is 1. The molecule has 0 fully saturated rings. The van der Waals surface area contributed by atoms with Crippen molar-refractivity contribution in [3.8, 4) is 0 Å². The molecule has 1 amide bonds. The zero-order chi connectivity index (χ0) is 16.6. The Labute approximate surface area is 142 Å². The molecule has 0 aliphatic heterocycles. The largest absolute Gasteiger partial charge is 0.349 e. The van der Waals surface area contributed by atoms with Crippen LogP contribution in [0.1, 0.15) is 16.1 Å². The molecule has 2 aromatic carbocycles. The molecule has 23 heavy (non-hydrogen) atoms. The number of carbonyl (C=O) groups is 1. The van der Waals surface area contributed by atoms with E-state index in [1.165, 1.54) is 17.0 Å². The van der Waals surface area contributed by atoms with Gasteiger partial charge in [-0.05, 0) is 35.9 Å². The maximum Gasteiger partial charge on any atom is 0.271 e. The van der Waals surface area contributed by atoms with Crippen LogP contribution in [0.2, 0.25) is 10.0 Å². The molecule has 6 heteroatoms. The minimum Gasteiger partial charge on any atom is -0.349 e. The summed E-state index contributed by atoms with van der Waals surface area (Å²) in [4.78, 5) is 17.1. The highest BCUT2D eigenvalue weighted by atomic mass is 35.5. The van der Waals surface area contributed by atoms with Crippen molar-refractivity contribution in [2.24, 2.45) is 0 Å². The lowest BCUT2D eigenvalue weighted by molar-refractivity contribution is 0.0780. The van der Waals surface area contributed by atoms with Crippen molar-refractivity contribution in [3.05, 3.63) is 69.6 Å². The number of nitrogens with one attached hydrogen (secondary N) is 1. The number of aromatic amines is 1. The fourth-order valence-corrected chi connectivity index (χ4v) is 2.86. The van der Waals surface area contributed by atoms with Crippen LogP contribution in [0.25, 0.3) is 10.9 Å². The van der Waals surface area contributed by atoms with Crippen LogP contribution in [0, 0.1) is 5.82 Å². The molecule has 0 unspecified atom stereocenters. The molecule has 1 aromatic heterocycles. The van der Waals surface area contributed by atoms with Crippen molar-refractivity contribution in [1.82, 2.24) is 9.88 Å². The minimum absolute atomic E-state index is 0.244. The number of rotatable bonds is 3. The number of fused-ring (bicyclic) bond motifs is 1. The summed E-state index contributed by atoms with van der Waals surface area (Å²) in [5.41, 5.74) is 1.89. The van der Waals surface area contributed by atoms with Crippen LogP contribution < -0.4 is 0 Å². The average Bonchev–Trinajstić information content (AvgIpc) is 2.85. The smallest absolute Gasteiger partial charge is 0.271 e. The number of carbonyl (C=O) groups excluding carboxylic acids is 1. The number of nitrogens with zero attached hydrogens (tertiary/aromatic N) is 1. The highest BCUT2D eigenvalue weighted by Crippen LogP contribution is 2.30. The van der Waals surface area contributed by atoms with E-state index in [2.05, 4.69) is 4.98 Å². The molecule has 1 heterocycles. The quantitative estimate of drug-likeness (QED) is 0.717. The van der Waals surface area contributed by atoms with Gasteiger partial charge < -0.3 is 9.88 Å². The highest BCUT2D eigenvalue weighted by molar-refractivity contribution is 6.39. The van der Waals surface area contributed by atoms with Gasteiger partial charge in [-0.15, -0.1) is 0 Å². The number of amides is 1. The molecule has 0 spiro atoms. The number of hydrogen-bond donors (Lipinski definition) is 1. The molecular formula is C17H13Cl2FN2O. The van der Waals surface area contributed by atoms with Crippen LogP contribution in [0.4, 0.5) is 4.39 Å². The van der Waals surface area contributed by atoms with Crippen molar-refractivity contribution in [3.63, 3.8) is 0 Å². The third-order valence-corrected chi connectivity index (χ3v) is 4.22. The summed E-state index contributed by atoms with van der Waals surface area (Å²) in [5, 5.41) is 1.60. The second-order valence-electron chi connectivity index (χ2n) is 5.29. The Morgan fingerprint density at radius 3 is 2.57 bits per heavy atom. The van der Waals surface area contributed by atoms with E-state index in [9.17, 15) is 9.18 Å². The topological polar surface area (TPSA) is 36.1 Å². The lowest BCUT2D eigenvalue weighted by Crippen LogP contribution is -2.26. The summed E-state index contributed by atoms with van der Waals surface area (Å²) in [6, 6.07) is 11.2. The van der Waals surface area contributed by atoms with E-state index in [-0.39, 0.29) is 11.7 Å². The van der Waals surface area contributed by atoms with Gasteiger partial charge in [0.05, 0.1) is 5.02 Å². The fourth-order valence-electron chi connectivity index (χ4n) is 2.40. The Bertz CT molecular complexity index is 874. The third kappa shape index (κ3) is 3.19. The lowest BCUT2D eigenvalue weighted by atomic mass is 10.2. The molecule has 0 bridgehead atoms. The van der Waals surface area contributed by atoms with E-state index in [0.29, 0.717) is 27.7 Å². The molecule has 0 saturated heterocycles. The molecular weight excluding hydrogens is 338 g/mol. The summed E-state index contributed by atoms with van der Waals surface area (Å²) in [7, 11) is 1.67. The van der Waals surface area contributed by atoms with E-state index in [1.54, 1.807) is 37.4 Å². The average molecular weight is 351 g/mol. The predicted octanol–water partition coefficient (Wildman–Crippen LogP) is 4.89. The van der Waals surface area contributed by atoms with Gasteiger partial charge in [0.25, 0.3) is 5.91 Å². The summed E-state index contributed by atoms with van der Waals surface area (Å²) < 4.78 is 12.9. The summed E-state index contributed by atoms with van der Waals surface area (Å²) in [5.74, 6) is -0.551. The zero-order valence-corrected chi connectivity index (χ0v) is 13.7.